The Morgan fingerprint density at radius 3 is 2.64 bits per heavy atom. The molecule has 0 aromatic carbocycles. The van der Waals surface area contributed by atoms with Gasteiger partial charge >= 0.3 is 5.97 Å². The van der Waals surface area contributed by atoms with Crippen LogP contribution in [0.5, 0.6) is 0 Å². The number of carbonyl (C=O) groups is 1. The van der Waals surface area contributed by atoms with Gasteiger partial charge in [0.05, 0.1) is 7.11 Å². The molecule has 14 heavy (non-hydrogen) atoms. The molecule has 0 fully saturated rings. The minimum absolute atomic E-state index is 0.246. The van der Waals surface area contributed by atoms with Gasteiger partial charge in [-0.3, -0.25) is 0 Å². The van der Waals surface area contributed by atoms with E-state index < -0.39 is 0 Å². The van der Waals surface area contributed by atoms with E-state index in [0.29, 0.717) is 18.5 Å². The second-order valence-electron chi connectivity index (χ2n) is 3.16. The first-order valence-electron chi connectivity index (χ1n) is 4.74. The van der Waals surface area contributed by atoms with Crippen molar-refractivity contribution in [3.05, 3.63) is 23.8 Å². The summed E-state index contributed by atoms with van der Waals surface area (Å²) >= 11 is 0. The first kappa shape index (κ1) is 12.9. The second kappa shape index (κ2) is 7.33. The van der Waals surface area contributed by atoms with E-state index in [9.17, 15) is 4.79 Å². The van der Waals surface area contributed by atoms with E-state index in [1.165, 1.54) is 7.11 Å². The minimum atomic E-state index is -0.246. The largest absolute Gasteiger partial charge is 0.466 e. The number of esters is 1. The van der Waals surface area contributed by atoms with E-state index in [-0.39, 0.29) is 5.97 Å². The molecule has 0 saturated heterocycles. The second-order valence-corrected chi connectivity index (χ2v) is 3.16. The molecule has 0 rings (SSSR count). The highest BCUT2D eigenvalue weighted by molar-refractivity contribution is 5.88. The fourth-order valence-corrected chi connectivity index (χ4v) is 0.984. The van der Waals surface area contributed by atoms with Gasteiger partial charge in [-0.2, -0.15) is 0 Å². The van der Waals surface area contributed by atoms with Crippen LogP contribution < -0.4 is 5.32 Å². The summed E-state index contributed by atoms with van der Waals surface area (Å²) in [5.41, 5.74) is 1.79. The van der Waals surface area contributed by atoms with Crippen LogP contribution in [0.15, 0.2) is 23.8 Å². The molecule has 0 unspecified atom stereocenters. The molecule has 80 valence electrons. The molecule has 0 heterocycles. The molecule has 1 N–H and O–H groups in total. The van der Waals surface area contributed by atoms with Crippen LogP contribution in [-0.4, -0.2) is 26.2 Å². The summed E-state index contributed by atoms with van der Waals surface area (Å²) in [4.78, 5) is 11.1. The number of rotatable bonds is 6. The summed E-state index contributed by atoms with van der Waals surface area (Å²) in [6, 6.07) is 0. The van der Waals surface area contributed by atoms with Crippen molar-refractivity contribution in [2.45, 2.75) is 20.3 Å². The lowest BCUT2D eigenvalue weighted by molar-refractivity contribution is -0.136. The van der Waals surface area contributed by atoms with E-state index in [1.807, 2.05) is 19.9 Å². The molecule has 3 nitrogen and oxygen atoms in total. The van der Waals surface area contributed by atoms with Gasteiger partial charge in [-0.25, -0.2) is 4.79 Å². The van der Waals surface area contributed by atoms with Gasteiger partial charge in [0.1, 0.15) is 0 Å². The van der Waals surface area contributed by atoms with Crippen molar-refractivity contribution in [2.24, 2.45) is 0 Å². The molecule has 0 aliphatic rings. The van der Waals surface area contributed by atoms with Gasteiger partial charge in [-0.15, -0.1) is 0 Å². The van der Waals surface area contributed by atoms with Gasteiger partial charge in [0.25, 0.3) is 0 Å². The van der Waals surface area contributed by atoms with Crippen molar-refractivity contribution in [1.82, 2.24) is 5.32 Å². The van der Waals surface area contributed by atoms with E-state index >= 15 is 0 Å². The highest BCUT2D eigenvalue weighted by Gasteiger charge is 2.05. The molecular formula is C11H19NO2. The molecule has 0 aliphatic carbocycles. The zero-order valence-corrected chi connectivity index (χ0v) is 9.22. The Morgan fingerprint density at radius 1 is 1.57 bits per heavy atom. The van der Waals surface area contributed by atoms with E-state index in [0.717, 1.165) is 12.1 Å². The minimum Gasteiger partial charge on any atom is -0.466 e. The maximum atomic E-state index is 11.1. The topological polar surface area (TPSA) is 38.3 Å². The average molecular weight is 197 g/mol. The lowest BCUT2D eigenvalue weighted by atomic mass is 10.2. The molecule has 3 heteroatoms. The Bertz CT molecular complexity index is 231. The number of ether oxygens (including phenoxy) is 1. The van der Waals surface area contributed by atoms with Gasteiger partial charge in [0, 0.05) is 18.7 Å². The SMILES string of the molecule is C=C(C)CNCC=C(CC)C(=O)OC. The van der Waals surface area contributed by atoms with Crippen molar-refractivity contribution in [2.75, 3.05) is 20.2 Å². The van der Waals surface area contributed by atoms with Crippen LogP contribution in [0.25, 0.3) is 0 Å². The smallest absolute Gasteiger partial charge is 0.333 e. The van der Waals surface area contributed by atoms with Crippen LogP contribution in [-0.2, 0) is 9.53 Å². The Morgan fingerprint density at radius 2 is 2.21 bits per heavy atom. The lowest BCUT2D eigenvalue weighted by Crippen LogP contribution is -2.17. The number of hydrogen-bond donors (Lipinski definition) is 1. The molecule has 0 radical (unpaired) electrons. The molecular weight excluding hydrogens is 178 g/mol. The summed E-state index contributed by atoms with van der Waals surface area (Å²) in [5, 5.41) is 3.14. The van der Waals surface area contributed by atoms with Crippen molar-refractivity contribution in [3.8, 4) is 0 Å². The average Bonchev–Trinajstić information content (AvgIpc) is 2.16. The van der Waals surface area contributed by atoms with Crippen LogP contribution in [0.4, 0.5) is 0 Å². The maximum absolute atomic E-state index is 11.1. The molecule has 0 aromatic rings. The summed E-state index contributed by atoms with van der Waals surface area (Å²) < 4.78 is 4.63. The number of carbonyl (C=O) groups excluding carboxylic acids is 1. The Kier molecular flexibility index (Phi) is 6.76. The third kappa shape index (κ3) is 5.54. The molecule has 0 aliphatic heterocycles. The van der Waals surface area contributed by atoms with Crippen molar-refractivity contribution in [3.63, 3.8) is 0 Å². The number of nitrogens with one attached hydrogen (secondary N) is 1. The van der Waals surface area contributed by atoms with Gasteiger partial charge in [-0.05, 0) is 13.3 Å². The van der Waals surface area contributed by atoms with E-state index in [4.69, 9.17) is 0 Å². The first-order valence-corrected chi connectivity index (χ1v) is 4.74. The zero-order valence-electron chi connectivity index (χ0n) is 9.22. The molecule has 0 bridgehead atoms. The molecule has 0 saturated carbocycles. The lowest BCUT2D eigenvalue weighted by Gasteiger charge is -2.03. The third-order valence-electron chi connectivity index (χ3n) is 1.75. The van der Waals surface area contributed by atoms with Crippen LogP contribution in [0.3, 0.4) is 0 Å². The highest BCUT2D eigenvalue weighted by Crippen LogP contribution is 2.01. The summed E-state index contributed by atoms with van der Waals surface area (Å²) in [6.07, 6.45) is 2.55. The van der Waals surface area contributed by atoms with Crippen molar-refractivity contribution in [1.29, 1.82) is 0 Å². The van der Waals surface area contributed by atoms with Gasteiger partial charge in [0.15, 0.2) is 0 Å². The highest BCUT2D eigenvalue weighted by atomic mass is 16.5. The number of methoxy groups -OCH3 is 1. The van der Waals surface area contributed by atoms with Crippen LogP contribution in [0.2, 0.25) is 0 Å². The summed E-state index contributed by atoms with van der Waals surface area (Å²) in [7, 11) is 1.40. The fourth-order valence-electron chi connectivity index (χ4n) is 0.984. The van der Waals surface area contributed by atoms with Crippen LogP contribution in [0.1, 0.15) is 20.3 Å². The van der Waals surface area contributed by atoms with Crippen molar-refractivity contribution >= 4 is 5.97 Å². The molecule has 0 spiro atoms. The predicted molar refractivity (Wildman–Crippen MR) is 58.1 cm³/mol. The summed E-state index contributed by atoms with van der Waals surface area (Å²) in [5.74, 6) is -0.246. The fraction of sp³-hybridized carbons (Fsp3) is 0.545. The monoisotopic (exact) mass is 197 g/mol. The number of hydrogen-bond acceptors (Lipinski definition) is 3. The zero-order chi connectivity index (χ0) is 11.0. The van der Waals surface area contributed by atoms with Gasteiger partial charge in [-0.1, -0.05) is 25.2 Å². The molecule has 0 aromatic heterocycles. The quantitative estimate of drug-likeness (QED) is 0.304. The Balaban J connectivity index is 3.93. The predicted octanol–water partition coefficient (Wildman–Crippen LogP) is 1.66. The first-order chi connectivity index (χ1) is 6.61. The van der Waals surface area contributed by atoms with E-state index in [2.05, 4.69) is 16.6 Å². The van der Waals surface area contributed by atoms with Crippen LogP contribution in [0, 0.1) is 0 Å². The van der Waals surface area contributed by atoms with Crippen LogP contribution >= 0.6 is 0 Å². The third-order valence-corrected chi connectivity index (χ3v) is 1.75. The Labute approximate surface area is 85.8 Å². The Hall–Kier alpha value is -1.09. The maximum Gasteiger partial charge on any atom is 0.333 e. The van der Waals surface area contributed by atoms with Gasteiger partial charge in [0.2, 0.25) is 0 Å². The normalized spacial score (nSPS) is 11.2. The molecule has 0 amide bonds. The van der Waals surface area contributed by atoms with Gasteiger partial charge < -0.3 is 10.1 Å². The standard InChI is InChI=1S/C11H19NO2/c1-5-10(11(13)14-4)6-7-12-8-9(2)3/h6,12H,2,5,7-8H2,1,3-4H3. The van der Waals surface area contributed by atoms with Crippen molar-refractivity contribution < 1.29 is 9.53 Å². The summed E-state index contributed by atoms with van der Waals surface area (Å²) in [6.45, 7) is 9.10. The van der Waals surface area contributed by atoms with E-state index in [1.54, 1.807) is 0 Å². The molecule has 0 atom stereocenters.